The number of para-hydroxylation sites is 2. The van der Waals surface area contributed by atoms with E-state index in [1.807, 2.05) is 6.07 Å². The fourth-order valence-electron chi connectivity index (χ4n) is 3.08. The van der Waals surface area contributed by atoms with Crippen LogP contribution in [-0.2, 0) is 7.05 Å². The van der Waals surface area contributed by atoms with Crippen LogP contribution in [0.2, 0.25) is 0 Å². The van der Waals surface area contributed by atoms with Gasteiger partial charge in [0, 0.05) is 25.5 Å². The van der Waals surface area contributed by atoms with Gasteiger partial charge in [-0.3, -0.25) is 0 Å². The number of rotatable bonds is 3. The number of nitrogens with zero attached hydrogens (tertiary/aromatic N) is 3. The number of benzene rings is 1. The minimum absolute atomic E-state index is 0.543. The Labute approximate surface area is 119 Å². The third kappa shape index (κ3) is 2.32. The van der Waals surface area contributed by atoms with Crippen LogP contribution < -0.4 is 4.90 Å². The molecule has 2 heterocycles. The number of hydrogen-bond acceptors (Lipinski definition) is 2. The molecule has 1 saturated heterocycles. The first kappa shape index (κ1) is 12.8. The quantitative estimate of drug-likeness (QED) is 0.800. The Hall–Kier alpha value is -1.22. The highest BCUT2D eigenvalue weighted by Crippen LogP contribution is 2.28. The number of anilines is 1. The zero-order chi connectivity index (χ0) is 13.2. The molecule has 1 aromatic carbocycles. The normalized spacial score (nSPS) is 20.1. The van der Waals surface area contributed by atoms with E-state index in [1.54, 1.807) is 0 Å². The third-order valence-corrected chi connectivity index (χ3v) is 4.31. The maximum atomic E-state index is 5.95. The van der Waals surface area contributed by atoms with Crippen molar-refractivity contribution in [2.24, 2.45) is 7.05 Å². The molecule has 1 aliphatic rings. The predicted octanol–water partition coefficient (Wildman–Crippen LogP) is 3.56. The number of hydrogen-bond donors (Lipinski definition) is 0. The lowest BCUT2D eigenvalue weighted by Gasteiger charge is -2.36. The Balaban J connectivity index is 1.99. The zero-order valence-corrected chi connectivity index (χ0v) is 12.1. The van der Waals surface area contributed by atoms with Crippen LogP contribution >= 0.6 is 11.6 Å². The van der Waals surface area contributed by atoms with Gasteiger partial charge in [0.2, 0.25) is 5.95 Å². The lowest BCUT2D eigenvalue weighted by atomic mass is 10.0. The van der Waals surface area contributed by atoms with E-state index in [2.05, 4.69) is 34.7 Å². The highest BCUT2D eigenvalue weighted by molar-refractivity contribution is 6.17. The fraction of sp³-hybridized carbons (Fsp3) is 0.533. The van der Waals surface area contributed by atoms with Crippen LogP contribution in [0.1, 0.15) is 25.7 Å². The van der Waals surface area contributed by atoms with Gasteiger partial charge in [-0.1, -0.05) is 12.1 Å². The molecule has 4 heteroatoms. The molecule has 1 aliphatic heterocycles. The van der Waals surface area contributed by atoms with Crippen LogP contribution in [-0.4, -0.2) is 28.0 Å². The van der Waals surface area contributed by atoms with Crippen LogP contribution in [0.25, 0.3) is 11.0 Å². The molecule has 0 bridgehead atoms. The summed E-state index contributed by atoms with van der Waals surface area (Å²) < 4.78 is 2.21. The van der Waals surface area contributed by atoms with Gasteiger partial charge in [-0.05, 0) is 37.8 Å². The van der Waals surface area contributed by atoms with Crippen LogP contribution in [0, 0.1) is 0 Å². The number of fused-ring (bicyclic) bond motifs is 1. The van der Waals surface area contributed by atoms with Crippen LogP contribution in [0.4, 0.5) is 5.95 Å². The Morgan fingerprint density at radius 3 is 2.95 bits per heavy atom. The summed E-state index contributed by atoms with van der Waals surface area (Å²) in [7, 11) is 2.11. The number of halogens is 1. The molecular weight excluding hydrogens is 258 g/mol. The molecule has 19 heavy (non-hydrogen) atoms. The number of aromatic nitrogens is 2. The molecule has 0 aliphatic carbocycles. The summed E-state index contributed by atoms with van der Waals surface area (Å²) in [5.41, 5.74) is 2.28. The molecule has 1 fully saturated rings. The first-order valence-electron chi connectivity index (χ1n) is 7.05. The summed E-state index contributed by atoms with van der Waals surface area (Å²) in [5, 5.41) is 0. The molecule has 2 aromatic rings. The van der Waals surface area contributed by atoms with Gasteiger partial charge in [0.15, 0.2) is 0 Å². The first-order valence-corrected chi connectivity index (χ1v) is 7.59. The molecule has 0 spiro atoms. The van der Waals surface area contributed by atoms with Crippen molar-refractivity contribution in [3.05, 3.63) is 24.3 Å². The lowest BCUT2D eigenvalue weighted by Crippen LogP contribution is -2.41. The van der Waals surface area contributed by atoms with E-state index < -0.39 is 0 Å². The van der Waals surface area contributed by atoms with Gasteiger partial charge in [-0.25, -0.2) is 4.98 Å². The van der Waals surface area contributed by atoms with Crippen molar-refractivity contribution in [2.75, 3.05) is 17.3 Å². The number of imidazole rings is 1. The molecule has 1 unspecified atom stereocenters. The van der Waals surface area contributed by atoms with Gasteiger partial charge in [0.1, 0.15) is 0 Å². The second kappa shape index (κ2) is 5.41. The highest BCUT2D eigenvalue weighted by atomic mass is 35.5. The number of alkyl halides is 1. The molecule has 3 nitrogen and oxygen atoms in total. The van der Waals surface area contributed by atoms with Crippen molar-refractivity contribution in [1.29, 1.82) is 0 Å². The van der Waals surface area contributed by atoms with E-state index in [-0.39, 0.29) is 0 Å². The van der Waals surface area contributed by atoms with Crippen molar-refractivity contribution < 1.29 is 0 Å². The predicted molar refractivity (Wildman–Crippen MR) is 81.0 cm³/mol. The van der Waals surface area contributed by atoms with Crippen LogP contribution in [0.5, 0.6) is 0 Å². The molecule has 102 valence electrons. The summed E-state index contributed by atoms with van der Waals surface area (Å²) in [6.45, 7) is 1.10. The van der Waals surface area contributed by atoms with E-state index in [1.165, 1.54) is 24.8 Å². The van der Waals surface area contributed by atoms with Crippen molar-refractivity contribution in [2.45, 2.75) is 31.7 Å². The maximum absolute atomic E-state index is 5.95. The summed E-state index contributed by atoms with van der Waals surface area (Å²) >= 11 is 5.95. The molecule has 0 radical (unpaired) electrons. The zero-order valence-electron chi connectivity index (χ0n) is 11.3. The fourth-order valence-corrected chi connectivity index (χ4v) is 3.33. The average molecular weight is 278 g/mol. The summed E-state index contributed by atoms with van der Waals surface area (Å²) in [6.07, 6.45) is 4.84. The second-order valence-electron chi connectivity index (χ2n) is 5.28. The Bertz CT molecular complexity index is 562. The Morgan fingerprint density at radius 2 is 2.16 bits per heavy atom. The standard InChI is InChI=1S/C15H20ClN3/c1-18-14-8-3-2-7-13(14)17-15(18)19-11-5-4-6-12(19)9-10-16/h2-3,7-8,12H,4-6,9-11H2,1H3. The van der Waals surface area contributed by atoms with E-state index in [9.17, 15) is 0 Å². The van der Waals surface area contributed by atoms with Gasteiger partial charge < -0.3 is 9.47 Å². The summed E-state index contributed by atoms with van der Waals surface area (Å²) in [6, 6.07) is 8.87. The van der Waals surface area contributed by atoms with Crippen molar-refractivity contribution >= 4 is 28.6 Å². The SMILES string of the molecule is Cn1c(N2CCCCC2CCCl)nc2ccccc21. The highest BCUT2D eigenvalue weighted by Gasteiger charge is 2.25. The molecule has 0 saturated carbocycles. The molecule has 0 N–H and O–H groups in total. The average Bonchev–Trinajstić information content (AvgIpc) is 2.78. The van der Waals surface area contributed by atoms with E-state index >= 15 is 0 Å². The first-order chi connectivity index (χ1) is 9.31. The maximum Gasteiger partial charge on any atom is 0.206 e. The van der Waals surface area contributed by atoms with E-state index in [0.717, 1.165) is 30.3 Å². The molecule has 1 atom stereocenters. The molecule has 1 aromatic heterocycles. The number of piperidine rings is 1. The van der Waals surface area contributed by atoms with Gasteiger partial charge in [-0.2, -0.15) is 0 Å². The van der Waals surface area contributed by atoms with E-state index in [4.69, 9.17) is 16.6 Å². The molecule has 0 amide bonds. The van der Waals surface area contributed by atoms with Gasteiger partial charge in [0.05, 0.1) is 11.0 Å². The lowest BCUT2D eigenvalue weighted by molar-refractivity contribution is 0.442. The second-order valence-corrected chi connectivity index (χ2v) is 5.66. The Morgan fingerprint density at radius 1 is 1.32 bits per heavy atom. The smallest absolute Gasteiger partial charge is 0.206 e. The van der Waals surface area contributed by atoms with Gasteiger partial charge in [0.25, 0.3) is 0 Å². The Kier molecular flexibility index (Phi) is 3.65. The minimum Gasteiger partial charge on any atom is -0.339 e. The van der Waals surface area contributed by atoms with Gasteiger partial charge >= 0.3 is 0 Å². The minimum atomic E-state index is 0.543. The molecular formula is C15H20ClN3. The van der Waals surface area contributed by atoms with Crippen molar-refractivity contribution in [1.82, 2.24) is 9.55 Å². The monoisotopic (exact) mass is 277 g/mol. The largest absolute Gasteiger partial charge is 0.339 e. The van der Waals surface area contributed by atoms with Crippen LogP contribution in [0.15, 0.2) is 24.3 Å². The summed E-state index contributed by atoms with van der Waals surface area (Å²) in [4.78, 5) is 7.26. The van der Waals surface area contributed by atoms with Crippen molar-refractivity contribution in [3.63, 3.8) is 0 Å². The molecule has 3 rings (SSSR count). The third-order valence-electron chi connectivity index (χ3n) is 4.09. The number of aryl methyl sites for hydroxylation is 1. The topological polar surface area (TPSA) is 21.1 Å². The van der Waals surface area contributed by atoms with Crippen LogP contribution in [0.3, 0.4) is 0 Å². The van der Waals surface area contributed by atoms with Crippen molar-refractivity contribution in [3.8, 4) is 0 Å². The van der Waals surface area contributed by atoms with Gasteiger partial charge in [-0.15, -0.1) is 11.6 Å². The van der Waals surface area contributed by atoms with E-state index in [0.29, 0.717) is 6.04 Å². The summed E-state index contributed by atoms with van der Waals surface area (Å²) in [5.74, 6) is 1.82.